The first-order valence-corrected chi connectivity index (χ1v) is 7.24. The Morgan fingerprint density at radius 1 is 1.19 bits per heavy atom. The van der Waals surface area contributed by atoms with Gasteiger partial charge >= 0.3 is 5.97 Å². The Labute approximate surface area is 123 Å². The Kier molecular flexibility index (Phi) is 3.45. The maximum atomic E-state index is 12.5. The number of hydrogen-bond acceptors (Lipinski definition) is 3. The molecule has 2 bridgehead atoms. The van der Waals surface area contributed by atoms with Crippen LogP contribution in [0.1, 0.15) is 24.0 Å². The molecule has 0 radical (unpaired) electrons. The molecule has 2 heterocycles. The lowest BCUT2D eigenvalue weighted by atomic mass is 9.78. The van der Waals surface area contributed by atoms with Crippen LogP contribution in [-0.2, 0) is 14.3 Å². The van der Waals surface area contributed by atoms with Gasteiger partial charge in [0.15, 0.2) is 0 Å². The third-order valence-electron chi connectivity index (χ3n) is 4.72. The van der Waals surface area contributed by atoms with Crippen molar-refractivity contribution in [2.24, 2.45) is 11.8 Å². The SMILES string of the molecule is Cc1cccc(NC(=O)C2C(C(=O)O)[C@H]3CC[C@H]2O3)c1C. The summed E-state index contributed by atoms with van der Waals surface area (Å²) in [7, 11) is 0. The van der Waals surface area contributed by atoms with Gasteiger partial charge < -0.3 is 15.2 Å². The largest absolute Gasteiger partial charge is 0.481 e. The highest BCUT2D eigenvalue weighted by Gasteiger charge is 2.55. The first kappa shape index (κ1) is 14.1. The number of aryl methyl sites for hydroxylation is 1. The Morgan fingerprint density at radius 2 is 1.86 bits per heavy atom. The van der Waals surface area contributed by atoms with Gasteiger partial charge in [0.05, 0.1) is 24.0 Å². The smallest absolute Gasteiger partial charge is 0.310 e. The topological polar surface area (TPSA) is 75.6 Å². The van der Waals surface area contributed by atoms with E-state index in [0.717, 1.165) is 29.7 Å². The fraction of sp³-hybridized carbons (Fsp3) is 0.500. The van der Waals surface area contributed by atoms with E-state index in [1.807, 2.05) is 32.0 Å². The summed E-state index contributed by atoms with van der Waals surface area (Å²) in [5, 5.41) is 12.2. The molecule has 2 aliphatic heterocycles. The van der Waals surface area contributed by atoms with Crippen LogP contribution in [0.25, 0.3) is 0 Å². The van der Waals surface area contributed by atoms with Gasteiger partial charge in [0.25, 0.3) is 0 Å². The number of anilines is 1. The first-order valence-electron chi connectivity index (χ1n) is 7.24. The molecule has 2 saturated heterocycles. The van der Waals surface area contributed by atoms with Gasteiger partial charge in [-0.25, -0.2) is 0 Å². The summed E-state index contributed by atoms with van der Waals surface area (Å²) in [5.41, 5.74) is 2.83. The minimum atomic E-state index is -0.941. The van der Waals surface area contributed by atoms with Crippen molar-refractivity contribution in [2.45, 2.75) is 38.9 Å². The van der Waals surface area contributed by atoms with Gasteiger partial charge in [-0.2, -0.15) is 0 Å². The molecule has 0 aromatic heterocycles. The average molecular weight is 289 g/mol. The van der Waals surface area contributed by atoms with Gasteiger partial charge in [0.2, 0.25) is 5.91 Å². The van der Waals surface area contributed by atoms with E-state index in [1.54, 1.807) is 0 Å². The molecule has 0 aliphatic carbocycles. The van der Waals surface area contributed by atoms with Crippen molar-refractivity contribution in [3.63, 3.8) is 0 Å². The van der Waals surface area contributed by atoms with E-state index in [9.17, 15) is 14.7 Å². The molecule has 1 amide bonds. The van der Waals surface area contributed by atoms with Crippen molar-refractivity contribution >= 4 is 17.6 Å². The maximum absolute atomic E-state index is 12.5. The average Bonchev–Trinajstić information content (AvgIpc) is 3.04. The molecule has 1 aromatic rings. The third kappa shape index (κ3) is 2.31. The normalized spacial score (nSPS) is 30.4. The van der Waals surface area contributed by atoms with Crippen molar-refractivity contribution in [3.8, 4) is 0 Å². The Balaban J connectivity index is 1.82. The zero-order valence-corrected chi connectivity index (χ0v) is 12.1. The number of nitrogens with one attached hydrogen (secondary N) is 1. The van der Waals surface area contributed by atoms with Crippen LogP contribution in [0.15, 0.2) is 18.2 Å². The number of ether oxygens (including phenoxy) is 1. The molecule has 21 heavy (non-hydrogen) atoms. The number of hydrogen-bond donors (Lipinski definition) is 2. The summed E-state index contributed by atoms with van der Waals surface area (Å²) < 4.78 is 5.63. The summed E-state index contributed by atoms with van der Waals surface area (Å²) in [6, 6.07) is 5.69. The molecule has 2 fully saturated rings. The molecule has 2 aliphatic rings. The number of amides is 1. The number of carbonyl (C=O) groups is 2. The first-order chi connectivity index (χ1) is 9.99. The number of aliphatic carboxylic acids is 1. The van der Waals surface area contributed by atoms with Crippen molar-refractivity contribution in [3.05, 3.63) is 29.3 Å². The molecular weight excluding hydrogens is 270 g/mol. The van der Waals surface area contributed by atoms with Crippen molar-refractivity contribution in [1.82, 2.24) is 0 Å². The maximum Gasteiger partial charge on any atom is 0.310 e. The quantitative estimate of drug-likeness (QED) is 0.893. The van der Waals surface area contributed by atoms with E-state index < -0.39 is 17.8 Å². The highest BCUT2D eigenvalue weighted by Crippen LogP contribution is 2.44. The molecule has 0 saturated carbocycles. The van der Waals surface area contributed by atoms with Crippen LogP contribution in [0.2, 0.25) is 0 Å². The molecule has 2 unspecified atom stereocenters. The second-order valence-electron chi connectivity index (χ2n) is 5.92. The van der Waals surface area contributed by atoms with Gasteiger partial charge in [0.1, 0.15) is 0 Å². The van der Waals surface area contributed by atoms with Gasteiger partial charge in [-0.15, -0.1) is 0 Å². The van der Waals surface area contributed by atoms with Crippen molar-refractivity contribution in [1.29, 1.82) is 0 Å². The highest BCUT2D eigenvalue weighted by atomic mass is 16.5. The Bertz CT molecular complexity index is 598. The lowest BCUT2D eigenvalue weighted by Crippen LogP contribution is -2.41. The number of carboxylic acids is 1. The predicted molar refractivity (Wildman–Crippen MR) is 77.1 cm³/mol. The minimum Gasteiger partial charge on any atom is -0.481 e. The van der Waals surface area contributed by atoms with Crippen LogP contribution in [0.4, 0.5) is 5.69 Å². The molecule has 5 nitrogen and oxygen atoms in total. The third-order valence-corrected chi connectivity index (χ3v) is 4.72. The van der Waals surface area contributed by atoms with Crippen LogP contribution in [0, 0.1) is 25.7 Å². The van der Waals surface area contributed by atoms with Gasteiger partial charge in [0, 0.05) is 5.69 Å². The lowest BCUT2D eigenvalue weighted by Gasteiger charge is -2.24. The van der Waals surface area contributed by atoms with E-state index in [-0.39, 0.29) is 18.1 Å². The second-order valence-corrected chi connectivity index (χ2v) is 5.92. The molecule has 5 heteroatoms. The monoisotopic (exact) mass is 289 g/mol. The minimum absolute atomic E-state index is 0.247. The molecule has 4 atom stereocenters. The molecule has 0 spiro atoms. The van der Waals surface area contributed by atoms with Crippen molar-refractivity contribution < 1.29 is 19.4 Å². The fourth-order valence-corrected chi connectivity index (χ4v) is 3.43. The number of benzene rings is 1. The van der Waals surface area contributed by atoms with E-state index in [4.69, 9.17) is 4.74 Å². The molecular formula is C16H19NO4. The zero-order chi connectivity index (χ0) is 15.1. The molecule has 112 valence electrons. The summed E-state index contributed by atoms with van der Waals surface area (Å²) in [6.07, 6.45) is 0.914. The summed E-state index contributed by atoms with van der Waals surface area (Å²) in [4.78, 5) is 23.9. The number of carbonyl (C=O) groups excluding carboxylic acids is 1. The Morgan fingerprint density at radius 3 is 2.52 bits per heavy atom. The Hall–Kier alpha value is -1.88. The van der Waals surface area contributed by atoms with E-state index in [2.05, 4.69) is 5.32 Å². The van der Waals surface area contributed by atoms with Gasteiger partial charge in [-0.1, -0.05) is 12.1 Å². The second kappa shape index (κ2) is 5.15. The van der Waals surface area contributed by atoms with Crippen LogP contribution in [0.5, 0.6) is 0 Å². The van der Waals surface area contributed by atoms with E-state index in [0.29, 0.717) is 0 Å². The summed E-state index contributed by atoms with van der Waals surface area (Å²) in [5.74, 6) is -2.51. The molecule has 2 N–H and O–H groups in total. The van der Waals surface area contributed by atoms with Crippen LogP contribution in [-0.4, -0.2) is 29.2 Å². The lowest BCUT2D eigenvalue weighted by molar-refractivity contribution is -0.147. The van der Waals surface area contributed by atoms with Gasteiger partial charge in [-0.3, -0.25) is 9.59 Å². The van der Waals surface area contributed by atoms with Crippen LogP contribution < -0.4 is 5.32 Å². The van der Waals surface area contributed by atoms with E-state index in [1.165, 1.54) is 0 Å². The highest BCUT2D eigenvalue weighted by molar-refractivity contribution is 5.96. The van der Waals surface area contributed by atoms with Crippen LogP contribution >= 0.6 is 0 Å². The molecule has 1 aromatic carbocycles. The van der Waals surface area contributed by atoms with Crippen LogP contribution in [0.3, 0.4) is 0 Å². The zero-order valence-electron chi connectivity index (χ0n) is 12.1. The van der Waals surface area contributed by atoms with E-state index >= 15 is 0 Å². The standard InChI is InChI=1S/C16H19NO4/c1-8-4-3-5-10(9(8)2)17-15(18)13-11-6-7-12(21-11)14(13)16(19)20/h3-5,11-14H,6-7H2,1-2H3,(H,17,18)(H,19,20)/t11-,12-,13?,14?/m1/s1. The van der Waals surface area contributed by atoms with Crippen molar-refractivity contribution in [2.75, 3.05) is 5.32 Å². The fourth-order valence-electron chi connectivity index (χ4n) is 3.43. The predicted octanol–water partition coefficient (Wildman–Crippen LogP) is 2.12. The summed E-state index contributed by atoms with van der Waals surface area (Å²) >= 11 is 0. The number of carboxylic acid groups (broad SMARTS) is 1. The number of rotatable bonds is 3. The van der Waals surface area contributed by atoms with Gasteiger partial charge in [-0.05, 0) is 43.9 Å². The summed E-state index contributed by atoms with van der Waals surface area (Å²) in [6.45, 7) is 3.92. The molecule has 3 rings (SSSR count). The number of fused-ring (bicyclic) bond motifs is 2.